The average Bonchev–Trinajstić information content (AvgIpc) is 3.05. The molecule has 6 nitrogen and oxygen atoms in total. The standard InChI is InChI=1S/C19H16BrFN4O2/c1-12(26)23-15-6-7-17(21)16(10-15)19(27)24-18-8-9-22-25(18)11-13-2-4-14(20)5-3-13/h2-10H,11H2,1H3,(H,23,26)(H,24,27). The molecule has 0 saturated heterocycles. The van der Waals surface area contributed by atoms with Crippen LogP contribution in [0.1, 0.15) is 22.8 Å². The zero-order valence-electron chi connectivity index (χ0n) is 14.4. The number of carbonyl (C=O) groups excluding carboxylic acids is 2. The molecule has 0 bridgehead atoms. The number of halogens is 2. The van der Waals surface area contributed by atoms with Crippen molar-refractivity contribution in [3.63, 3.8) is 0 Å². The van der Waals surface area contributed by atoms with Crippen molar-refractivity contribution in [1.82, 2.24) is 9.78 Å². The first-order valence-corrected chi connectivity index (χ1v) is 8.86. The summed E-state index contributed by atoms with van der Waals surface area (Å²) in [6.07, 6.45) is 1.55. The van der Waals surface area contributed by atoms with Crippen LogP contribution in [-0.4, -0.2) is 21.6 Å². The molecule has 0 aliphatic rings. The molecule has 0 spiro atoms. The first-order valence-electron chi connectivity index (χ1n) is 8.07. The van der Waals surface area contributed by atoms with Crippen LogP contribution in [0.3, 0.4) is 0 Å². The van der Waals surface area contributed by atoms with Gasteiger partial charge >= 0.3 is 0 Å². The Balaban J connectivity index is 1.78. The molecule has 0 atom stereocenters. The molecule has 3 aromatic rings. The summed E-state index contributed by atoms with van der Waals surface area (Å²) >= 11 is 3.38. The van der Waals surface area contributed by atoms with E-state index in [9.17, 15) is 14.0 Å². The zero-order valence-corrected chi connectivity index (χ0v) is 16.0. The minimum Gasteiger partial charge on any atom is -0.326 e. The first-order chi connectivity index (χ1) is 12.9. The number of rotatable bonds is 5. The van der Waals surface area contributed by atoms with Crippen molar-refractivity contribution in [1.29, 1.82) is 0 Å². The number of anilines is 2. The van der Waals surface area contributed by atoms with Gasteiger partial charge < -0.3 is 10.6 Å². The predicted molar refractivity (Wildman–Crippen MR) is 104 cm³/mol. The Hall–Kier alpha value is -3.00. The lowest BCUT2D eigenvalue weighted by molar-refractivity contribution is -0.114. The summed E-state index contributed by atoms with van der Waals surface area (Å²) in [6.45, 7) is 1.79. The molecule has 3 rings (SSSR count). The van der Waals surface area contributed by atoms with Gasteiger partial charge in [0.1, 0.15) is 11.6 Å². The summed E-state index contributed by atoms with van der Waals surface area (Å²) in [5.74, 6) is -1.18. The van der Waals surface area contributed by atoms with Crippen molar-refractivity contribution in [2.75, 3.05) is 10.6 Å². The smallest absolute Gasteiger partial charge is 0.259 e. The Labute approximate surface area is 163 Å². The molecular weight excluding hydrogens is 415 g/mol. The van der Waals surface area contributed by atoms with E-state index in [4.69, 9.17) is 0 Å². The zero-order chi connectivity index (χ0) is 19.4. The van der Waals surface area contributed by atoms with Crippen molar-refractivity contribution in [2.45, 2.75) is 13.5 Å². The third kappa shape index (κ3) is 4.79. The maximum atomic E-state index is 14.1. The number of hydrogen-bond acceptors (Lipinski definition) is 3. The molecule has 27 heavy (non-hydrogen) atoms. The molecule has 0 fully saturated rings. The van der Waals surface area contributed by atoms with Crippen molar-refractivity contribution in [2.24, 2.45) is 0 Å². The summed E-state index contributed by atoms with van der Waals surface area (Å²) in [6, 6.07) is 13.2. The minimum absolute atomic E-state index is 0.169. The van der Waals surface area contributed by atoms with Gasteiger partial charge in [-0.2, -0.15) is 5.10 Å². The van der Waals surface area contributed by atoms with Gasteiger partial charge in [-0.3, -0.25) is 9.59 Å². The largest absolute Gasteiger partial charge is 0.326 e. The molecule has 0 aliphatic heterocycles. The van der Waals surface area contributed by atoms with Crippen molar-refractivity contribution < 1.29 is 14.0 Å². The van der Waals surface area contributed by atoms with E-state index >= 15 is 0 Å². The quantitative estimate of drug-likeness (QED) is 0.640. The Morgan fingerprint density at radius 1 is 1.11 bits per heavy atom. The second-order valence-corrected chi connectivity index (χ2v) is 6.75. The average molecular weight is 431 g/mol. The SMILES string of the molecule is CC(=O)Nc1ccc(F)c(C(=O)Nc2ccnn2Cc2ccc(Br)cc2)c1. The van der Waals surface area contributed by atoms with E-state index < -0.39 is 11.7 Å². The van der Waals surface area contributed by atoms with E-state index in [1.54, 1.807) is 16.9 Å². The lowest BCUT2D eigenvalue weighted by Gasteiger charge is -2.11. The molecule has 0 saturated carbocycles. The second kappa shape index (κ2) is 8.13. The number of carbonyl (C=O) groups is 2. The Bertz CT molecular complexity index is 986. The second-order valence-electron chi connectivity index (χ2n) is 5.83. The van der Waals surface area contributed by atoms with Gasteiger partial charge in [0, 0.05) is 23.2 Å². The number of benzene rings is 2. The van der Waals surface area contributed by atoms with Crippen LogP contribution in [0.5, 0.6) is 0 Å². The molecule has 2 aromatic carbocycles. The van der Waals surface area contributed by atoms with Crippen LogP contribution in [-0.2, 0) is 11.3 Å². The highest BCUT2D eigenvalue weighted by atomic mass is 79.9. The van der Waals surface area contributed by atoms with Crippen LogP contribution in [0.2, 0.25) is 0 Å². The van der Waals surface area contributed by atoms with Gasteiger partial charge in [-0.05, 0) is 35.9 Å². The van der Waals surface area contributed by atoms with Crippen LogP contribution in [0, 0.1) is 5.82 Å². The maximum absolute atomic E-state index is 14.1. The highest BCUT2D eigenvalue weighted by molar-refractivity contribution is 9.10. The Morgan fingerprint density at radius 3 is 2.56 bits per heavy atom. The van der Waals surface area contributed by atoms with Crippen LogP contribution >= 0.6 is 15.9 Å². The number of aromatic nitrogens is 2. The van der Waals surface area contributed by atoms with E-state index in [-0.39, 0.29) is 11.5 Å². The van der Waals surface area contributed by atoms with Gasteiger partial charge in [0.2, 0.25) is 5.91 Å². The van der Waals surface area contributed by atoms with Crippen molar-refractivity contribution >= 4 is 39.2 Å². The topological polar surface area (TPSA) is 76.0 Å². The van der Waals surface area contributed by atoms with Crippen molar-refractivity contribution in [3.05, 3.63) is 76.1 Å². The summed E-state index contributed by atoms with van der Waals surface area (Å²) < 4.78 is 16.6. The lowest BCUT2D eigenvalue weighted by Crippen LogP contribution is -2.18. The molecule has 0 unspecified atom stereocenters. The number of amides is 2. The maximum Gasteiger partial charge on any atom is 0.259 e. The summed E-state index contributed by atoms with van der Waals surface area (Å²) in [5.41, 5.74) is 1.17. The molecule has 1 aromatic heterocycles. The third-order valence-electron chi connectivity index (χ3n) is 3.74. The van der Waals surface area contributed by atoms with Crippen molar-refractivity contribution in [3.8, 4) is 0 Å². The summed E-state index contributed by atoms with van der Waals surface area (Å²) in [4.78, 5) is 23.7. The summed E-state index contributed by atoms with van der Waals surface area (Å²) in [5, 5.41) is 9.39. The first kappa shape index (κ1) is 18.8. The molecular formula is C19H16BrFN4O2. The van der Waals surface area contributed by atoms with E-state index in [0.29, 0.717) is 18.1 Å². The van der Waals surface area contributed by atoms with Gasteiger partial charge in [-0.15, -0.1) is 0 Å². The van der Waals surface area contributed by atoms with Crippen LogP contribution in [0.15, 0.2) is 59.2 Å². The fraction of sp³-hybridized carbons (Fsp3) is 0.105. The van der Waals surface area contributed by atoms with Gasteiger partial charge in [-0.25, -0.2) is 9.07 Å². The Morgan fingerprint density at radius 2 is 1.85 bits per heavy atom. The Kier molecular flexibility index (Phi) is 5.66. The molecule has 2 amide bonds. The summed E-state index contributed by atoms with van der Waals surface area (Å²) in [7, 11) is 0. The molecule has 8 heteroatoms. The van der Waals surface area contributed by atoms with E-state index in [2.05, 4.69) is 31.7 Å². The minimum atomic E-state index is -0.680. The normalized spacial score (nSPS) is 10.5. The van der Waals surface area contributed by atoms with Crippen LogP contribution < -0.4 is 10.6 Å². The van der Waals surface area contributed by atoms with Gasteiger partial charge in [0.15, 0.2) is 0 Å². The number of nitrogens with one attached hydrogen (secondary N) is 2. The van der Waals surface area contributed by atoms with Crippen LogP contribution in [0.4, 0.5) is 15.9 Å². The lowest BCUT2D eigenvalue weighted by atomic mass is 10.1. The van der Waals surface area contributed by atoms with Gasteiger partial charge in [0.25, 0.3) is 5.91 Å². The molecule has 2 N–H and O–H groups in total. The molecule has 0 radical (unpaired) electrons. The van der Waals surface area contributed by atoms with Gasteiger partial charge in [-0.1, -0.05) is 28.1 Å². The molecule has 1 heterocycles. The fourth-order valence-electron chi connectivity index (χ4n) is 2.49. The number of nitrogens with zero attached hydrogens (tertiary/aromatic N) is 2. The van der Waals surface area contributed by atoms with E-state index in [0.717, 1.165) is 16.1 Å². The predicted octanol–water partition coefficient (Wildman–Crippen LogP) is 4.04. The number of hydrogen-bond donors (Lipinski definition) is 2. The molecule has 138 valence electrons. The fourth-order valence-corrected chi connectivity index (χ4v) is 2.76. The highest BCUT2D eigenvalue weighted by Crippen LogP contribution is 2.18. The van der Waals surface area contributed by atoms with Crippen LogP contribution in [0.25, 0.3) is 0 Å². The van der Waals surface area contributed by atoms with E-state index in [1.807, 2.05) is 24.3 Å². The van der Waals surface area contributed by atoms with Gasteiger partial charge in [0.05, 0.1) is 18.3 Å². The molecule has 0 aliphatic carbocycles. The monoisotopic (exact) mass is 430 g/mol. The van der Waals surface area contributed by atoms with E-state index in [1.165, 1.54) is 19.1 Å². The highest BCUT2D eigenvalue weighted by Gasteiger charge is 2.15. The third-order valence-corrected chi connectivity index (χ3v) is 4.26.